The van der Waals surface area contributed by atoms with E-state index in [1.165, 1.54) is 5.39 Å². The highest BCUT2D eigenvalue weighted by molar-refractivity contribution is 5.86. The van der Waals surface area contributed by atoms with Crippen molar-refractivity contribution in [3.05, 3.63) is 78.5 Å². The van der Waals surface area contributed by atoms with Crippen LogP contribution in [0.4, 0.5) is 0 Å². The van der Waals surface area contributed by atoms with Gasteiger partial charge in [0.2, 0.25) is 0 Å². The lowest BCUT2D eigenvalue weighted by atomic mass is 10.1. The van der Waals surface area contributed by atoms with Gasteiger partial charge in [0, 0.05) is 11.6 Å². The normalized spacial score (nSPS) is 10.7. The molecule has 0 radical (unpaired) electrons. The predicted octanol–water partition coefficient (Wildman–Crippen LogP) is 4.59. The molecular weight excluding hydrogens is 380 g/mol. The van der Waals surface area contributed by atoms with E-state index >= 15 is 0 Å². The van der Waals surface area contributed by atoms with Crippen LogP contribution in [0.3, 0.4) is 0 Å². The van der Waals surface area contributed by atoms with Crippen LogP contribution in [-0.2, 0) is 11.3 Å². The first-order chi connectivity index (χ1) is 14.7. The van der Waals surface area contributed by atoms with Gasteiger partial charge in [-0.3, -0.25) is 4.79 Å². The van der Waals surface area contributed by atoms with Gasteiger partial charge in [-0.1, -0.05) is 41.6 Å². The van der Waals surface area contributed by atoms with Crippen molar-refractivity contribution >= 4 is 16.7 Å². The quantitative estimate of drug-likeness (QED) is 0.467. The second kappa shape index (κ2) is 9.13. The molecule has 4 rings (SSSR count). The van der Waals surface area contributed by atoms with Crippen molar-refractivity contribution in [2.75, 3.05) is 13.2 Å². The second-order valence-electron chi connectivity index (χ2n) is 6.71. The lowest BCUT2D eigenvalue weighted by Gasteiger charge is -2.07. The minimum absolute atomic E-state index is 0.0800. The Morgan fingerprint density at radius 1 is 0.933 bits per heavy atom. The molecule has 0 saturated carbocycles. The fourth-order valence-electron chi connectivity index (χ4n) is 3.06. The highest BCUT2D eigenvalue weighted by atomic mass is 16.5. The summed E-state index contributed by atoms with van der Waals surface area (Å²) in [5.41, 5.74) is 1.59. The molecule has 0 spiro atoms. The Labute approximate surface area is 174 Å². The van der Waals surface area contributed by atoms with Gasteiger partial charge in [-0.25, -0.2) is 0 Å². The van der Waals surface area contributed by atoms with E-state index in [1.807, 2.05) is 37.3 Å². The fraction of sp³-hybridized carbons (Fsp3) is 0.167. The molecule has 4 aromatic rings. The topological polar surface area (TPSA) is 73.6 Å². The Kier molecular flexibility index (Phi) is 5.94. The zero-order valence-electron chi connectivity index (χ0n) is 16.6. The molecule has 0 aliphatic rings. The summed E-state index contributed by atoms with van der Waals surface area (Å²) in [5.74, 6) is 1.80. The molecule has 0 atom stereocenters. The first-order valence-electron chi connectivity index (χ1n) is 9.78. The van der Waals surface area contributed by atoms with Crippen LogP contribution < -0.4 is 14.8 Å². The molecule has 3 aromatic carbocycles. The van der Waals surface area contributed by atoms with Gasteiger partial charge in [0.05, 0.1) is 13.2 Å². The molecule has 0 aliphatic heterocycles. The average Bonchev–Trinajstić information content (AvgIpc) is 3.26. The van der Waals surface area contributed by atoms with Crippen LogP contribution in [0.1, 0.15) is 12.6 Å². The van der Waals surface area contributed by atoms with Crippen LogP contribution in [0.2, 0.25) is 0 Å². The van der Waals surface area contributed by atoms with Gasteiger partial charge in [0.1, 0.15) is 17.2 Å². The van der Waals surface area contributed by atoms with Crippen molar-refractivity contribution in [3.8, 4) is 22.8 Å². The number of rotatable bonds is 8. The van der Waals surface area contributed by atoms with Gasteiger partial charge < -0.3 is 19.3 Å². The Balaban J connectivity index is 1.29. The average molecular weight is 402 g/mol. The van der Waals surface area contributed by atoms with E-state index in [9.17, 15) is 4.79 Å². The third-order valence-corrected chi connectivity index (χ3v) is 4.56. The smallest absolute Gasteiger partial charge is 0.258 e. The van der Waals surface area contributed by atoms with Crippen LogP contribution in [-0.4, -0.2) is 24.3 Å². The lowest BCUT2D eigenvalue weighted by molar-refractivity contribution is -0.123. The summed E-state index contributed by atoms with van der Waals surface area (Å²) >= 11 is 0. The molecule has 0 bridgehead atoms. The number of hydrogen-bond donors (Lipinski definition) is 1. The number of carbonyl (C=O) groups is 1. The SMILES string of the molecule is CCOc1ccc(OCC(=O)NCc2cc(-c3ccc4ccccc4c3)on2)cc1. The highest BCUT2D eigenvalue weighted by Crippen LogP contribution is 2.25. The molecule has 0 fully saturated rings. The maximum absolute atomic E-state index is 12.1. The number of hydrogen-bond acceptors (Lipinski definition) is 5. The molecule has 1 amide bonds. The first kappa shape index (κ1) is 19.5. The van der Waals surface area contributed by atoms with E-state index in [0.717, 1.165) is 16.7 Å². The number of carbonyl (C=O) groups excluding carboxylic acids is 1. The van der Waals surface area contributed by atoms with Crippen molar-refractivity contribution < 1.29 is 18.8 Å². The van der Waals surface area contributed by atoms with Crippen molar-refractivity contribution in [1.82, 2.24) is 10.5 Å². The van der Waals surface area contributed by atoms with Crippen molar-refractivity contribution in [3.63, 3.8) is 0 Å². The molecule has 0 unspecified atom stereocenters. The van der Waals surface area contributed by atoms with Gasteiger partial charge in [-0.15, -0.1) is 0 Å². The third-order valence-electron chi connectivity index (χ3n) is 4.56. The molecule has 1 aromatic heterocycles. The summed E-state index contributed by atoms with van der Waals surface area (Å²) < 4.78 is 16.3. The van der Waals surface area contributed by atoms with E-state index in [4.69, 9.17) is 14.0 Å². The molecule has 6 heteroatoms. The number of amides is 1. The number of ether oxygens (including phenoxy) is 2. The van der Waals surface area contributed by atoms with Gasteiger partial charge in [-0.2, -0.15) is 0 Å². The largest absolute Gasteiger partial charge is 0.494 e. The van der Waals surface area contributed by atoms with Gasteiger partial charge in [0.25, 0.3) is 5.91 Å². The van der Waals surface area contributed by atoms with E-state index in [2.05, 4.69) is 28.7 Å². The highest BCUT2D eigenvalue weighted by Gasteiger charge is 2.09. The van der Waals surface area contributed by atoms with Crippen LogP contribution in [0.15, 0.2) is 77.3 Å². The first-order valence-corrected chi connectivity index (χ1v) is 9.78. The number of aromatic nitrogens is 1. The van der Waals surface area contributed by atoms with Crippen LogP contribution in [0, 0.1) is 0 Å². The van der Waals surface area contributed by atoms with Gasteiger partial charge >= 0.3 is 0 Å². The number of fused-ring (bicyclic) bond motifs is 1. The summed E-state index contributed by atoms with van der Waals surface area (Å²) in [6, 6.07) is 23.2. The zero-order valence-corrected chi connectivity index (χ0v) is 16.6. The monoisotopic (exact) mass is 402 g/mol. The molecule has 1 heterocycles. The third kappa shape index (κ3) is 4.78. The van der Waals surface area contributed by atoms with Crippen LogP contribution in [0.5, 0.6) is 11.5 Å². The maximum Gasteiger partial charge on any atom is 0.258 e. The summed E-state index contributed by atoms with van der Waals surface area (Å²) in [5, 5.41) is 9.13. The Morgan fingerprint density at radius 3 is 2.43 bits per heavy atom. The number of benzene rings is 3. The van der Waals surface area contributed by atoms with Crippen molar-refractivity contribution in [2.24, 2.45) is 0 Å². The maximum atomic E-state index is 12.1. The molecule has 1 N–H and O–H groups in total. The molecular formula is C24H22N2O4. The van der Waals surface area contributed by atoms with E-state index in [-0.39, 0.29) is 19.1 Å². The molecule has 0 saturated heterocycles. The summed E-state index contributed by atoms with van der Waals surface area (Å²) in [4.78, 5) is 12.1. The number of nitrogens with one attached hydrogen (secondary N) is 1. The van der Waals surface area contributed by atoms with E-state index < -0.39 is 0 Å². The van der Waals surface area contributed by atoms with Crippen LogP contribution >= 0.6 is 0 Å². The second-order valence-corrected chi connectivity index (χ2v) is 6.71. The molecule has 0 aliphatic carbocycles. The van der Waals surface area contributed by atoms with Gasteiger partial charge in [-0.05, 0) is 48.0 Å². The fourth-order valence-corrected chi connectivity index (χ4v) is 3.06. The Morgan fingerprint density at radius 2 is 1.67 bits per heavy atom. The van der Waals surface area contributed by atoms with E-state index in [1.54, 1.807) is 24.3 Å². The van der Waals surface area contributed by atoms with Gasteiger partial charge in [0.15, 0.2) is 12.4 Å². The lowest BCUT2D eigenvalue weighted by Crippen LogP contribution is -2.28. The van der Waals surface area contributed by atoms with E-state index in [0.29, 0.717) is 23.8 Å². The predicted molar refractivity (Wildman–Crippen MR) is 114 cm³/mol. The van der Waals surface area contributed by atoms with Crippen molar-refractivity contribution in [2.45, 2.75) is 13.5 Å². The summed E-state index contributed by atoms with van der Waals surface area (Å²) in [7, 11) is 0. The summed E-state index contributed by atoms with van der Waals surface area (Å²) in [6.45, 7) is 2.72. The van der Waals surface area contributed by atoms with Crippen molar-refractivity contribution in [1.29, 1.82) is 0 Å². The summed E-state index contributed by atoms with van der Waals surface area (Å²) in [6.07, 6.45) is 0. The zero-order chi connectivity index (χ0) is 20.8. The Hall–Kier alpha value is -3.80. The molecule has 6 nitrogen and oxygen atoms in total. The minimum atomic E-state index is -0.237. The number of nitrogens with zero attached hydrogens (tertiary/aromatic N) is 1. The Bertz CT molecular complexity index is 1140. The standard InChI is InChI=1S/C24H22N2O4/c1-2-28-21-9-11-22(12-10-21)29-16-24(27)25-15-20-14-23(30-26-20)19-8-7-17-5-3-4-6-18(17)13-19/h3-14H,2,15-16H2,1H3,(H,25,27). The molecule has 30 heavy (non-hydrogen) atoms. The van der Waals surface area contributed by atoms with Crippen LogP contribution in [0.25, 0.3) is 22.1 Å². The minimum Gasteiger partial charge on any atom is -0.494 e. The molecule has 152 valence electrons.